The predicted octanol–water partition coefficient (Wildman–Crippen LogP) is 2.31. The summed E-state index contributed by atoms with van der Waals surface area (Å²) >= 11 is 0. The number of carbonyl (C=O) groups is 2. The van der Waals surface area contributed by atoms with Gasteiger partial charge < -0.3 is 15.2 Å². The molecule has 8 nitrogen and oxygen atoms in total. The van der Waals surface area contributed by atoms with Crippen LogP contribution >= 0.6 is 0 Å². The maximum atomic E-state index is 13.2. The van der Waals surface area contributed by atoms with E-state index in [0.717, 1.165) is 21.0 Å². The van der Waals surface area contributed by atoms with Crippen molar-refractivity contribution in [3.05, 3.63) is 59.2 Å². The number of hydrogen-bond acceptors (Lipinski definition) is 6. The number of hydrogen-bond donors (Lipinski definition) is 2. The van der Waals surface area contributed by atoms with Gasteiger partial charge in [-0.2, -0.15) is 4.31 Å². The number of rotatable bonds is 6. The van der Waals surface area contributed by atoms with Crippen molar-refractivity contribution in [3.8, 4) is 0 Å². The monoisotopic (exact) mass is 460 g/mol. The Morgan fingerprint density at radius 2 is 1.84 bits per heavy atom. The lowest BCUT2D eigenvalue weighted by atomic mass is 10.1. The highest BCUT2D eigenvalue weighted by atomic mass is 32.2. The van der Waals surface area contributed by atoms with Crippen molar-refractivity contribution >= 4 is 27.6 Å². The van der Waals surface area contributed by atoms with Gasteiger partial charge in [0.05, 0.1) is 11.0 Å². The molecule has 1 fully saturated rings. The first kappa shape index (κ1) is 23.9. The largest absolute Gasteiger partial charge is 0.451 e. The van der Waals surface area contributed by atoms with E-state index in [2.05, 4.69) is 5.32 Å². The highest BCUT2D eigenvalue weighted by molar-refractivity contribution is 7.89. The molecule has 0 aromatic heterocycles. The number of anilines is 1. The minimum Gasteiger partial charge on any atom is -0.451 e. The smallest absolute Gasteiger partial charge is 0.325 e. The molecule has 1 aliphatic heterocycles. The van der Waals surface area contributed by atoms with Crippen molar-refractivity contribution in [2.24, 2.45) is 0 Å². The van der Waals surface area contributed by atoms with Crippen LogP contribution in [-0.4, -0.2) is 54.5 Å². The Bertz CT molecular complexity index is 1130. The first-order chi connectivity index (χ1) is 15.0. The molecule has 2 aromatic carbocycles. The third-order valence-electron chi connectivity index (χ3n) is 5.54. The lowest BCUT2D eigenvalue weighted by Gasteiger charge is -2.24. The molecule has 9 heteroatoms. The Morgan fingerprint density at radius 3 is 2.50 bits per heavy atom. The van der Waals surface area contributed by atoms with Gasteiger partial charge in [-0.15, -0.1) is 0 Å². The van der Waals surface area contributed by atoms with Crippen LogP contribution in [-0.2, 0) is 24.3 Å². The minimum atomic E-state index is -4.04. The molecule has 1 heterocycles. The van der Waals surface area contributed by atoms with E-state index in [1.54, 1.807) is 31.2 Å². The number of aliphatic hydroxyl groups is 1. The van der Waals surface area contributed by atoms with E-state index in [0.29, 0.717) is 5.69 Å². The number of aliphatic hydroxyl groups excluding tert-OH is 1. The molecule has 3 atom stereocenters. The van der Waals surface area contributed by atoms with Gasteiger partial charge in [-0.3, -0.25) is 9.59 Å². The fourth-order valence-corrected chi connectivity index (χ4v) is 5.26. The van der Waals surface area contributed by atoms with Crippen molar-refractivity contribution in [2.75, 3.05) is 11.9 Å². The average Bonchev–Trinajstić information content (AvgIpc) is 3.12. The van der Waals surface area contributed by atoms with E-state index < -0.39 is 40.1 Å². The van der Waals surface area contributed by atoms with Crippen LogP contribution in [0.2, 0.25) is 0 Å². The van der Waals surface area contributed by atoms with Crippen LogP contribution in [0, 0.1) is 20.8 Å². The number of esters is 1. The fourth-order valence-electron chi connectivity index (χ4n) is 3.55. The molecule has 2 N–H and O–H groups in total. The molecule has 0 saturated carbocycles. The van der Waals surface area contributed by atoms with Crippen molar-refractivity contribution in [2.45, 2.75) is 57.3 Å². The SMILES string of the molecule is Cc1cccc(NC(=O)C(C)OC(=O)[C@@H]2CC(O)CN2S(=O)(=O)c2ccc(C)c(C)c2)c1. The average molecular weight is 461 g/mol. The summed E-state index contributed by atoms with van der Waals surface area (Å²) in [4.78, 5) is 25.3. The minimum absolute atomic E-state index is 0.0396. The summed E-state index contributed by atoms with van der Waals surface area (Å²) in [6.07, 6.45) is -2.26. The van der Waals surface area contributed by atoms with Gasteiger partial charge in [0.15, 0.2) is 6.10 Å². The molecule has 172 valence electrons. The summed E-state index contributed by atoms with van der Waals surface area (Å²) in [5.74, 6) is -1.41. The van der Waals surface area contributed by atoms with Crippen molar-refractivity contribution in [1.29, 1.82) is 0 Å². The maximum Gasteiger partial charge on any atom is 0.325 e. The second kappa shape index (κ2) is 9.40. The van der Waals surface area contributed by atoms with Crippen LogP contribution < -0.4 is 5.32 Å². The molecule has 0 radical (unpaired) electrons. The van der Waals surface area contributed by atoms with Gasteiger partial charge in [0.2, 0.25) is 10.0 Å². The van der Waals surface area contributed by atoms with Gasteiger partial charge in [0.25, 0.3) is 5.91 Å². The summed E-state index contributed by atoms with van der Waals surface area (Å²) in [5.41, 5.74) is 3.26. The van der Waals surface area contributed by atoms with Gasteiger partial charge in [-0.25, -0.2) is 8.42 Å². The molecule has 1 saturated heterocycles. The first-order valence-corrected chi connectivity index (χ1v) is 11.8. The van der Waals surface area contributed by atoms with Crippen molar-refractivity contribution < 1.29 is 27.9 Å². The Hall–Kier alpha value is -2.75. The number of ether oxygens (including phenoxy) is 1. The lowest BCUT2D eigenvalue weighted by molar-refractivity contribution is -0.156. The fraction of sp³-hybridized carbons (Fsp3) is 0.391. The standard InChI is InChI=1S/C23H28N2O6S/c1-14-6-5-7-18(10-14)24-22(27)17(4)31-23(28)21-12-19(26)13-25(21)32(29,30)20-9-8-15(2)16(3)11-20/h5-11,17,19,21,26H,12-13H2,1-4H3,(H,24,27)/t17?,19?,21-/m0/s1. The summed E-state index contributed by atoms with van der Waals surface area (Å²) < 4.78 is 32.6. The molecular formula is C23H28N2O6S. The predicted molar refractivity (Wildman–Crippen MR) is 120 cm³/mol. The number of sulfonamides is 1. The summed E-state index contributed by atoms with van der Waals surface area (Å²) in [7, 11) is -4.04. The maximum absolute atomic E-state index is 13.2. The number of nitrogens with zero attached hydrogens (tertiary/aromatic N) is 1. The zero-order valence-corrected chi connectivity index (χ0v) is 19.3. The summed E-state index contributed by atoms with van der Waals surface area (Å²) in [5, 5.41) is 12.8. The Labute approximate surface area is 188 Å². The molecule has 2 aromatic rings. The van der Waals surface area contributed by atoms with Crippen molar-refractivity contribution in [3.63, 3.8) is 0 Å². The van der Waals surface area contributed by atoms with Gasteiger partial charge >= 0.3 is 5.97 Å². The molecule has 32 heavy (non-hydrogen) atoms. The molecule has 3 rings (SSSR count). The zero-order chi connectivity index (χ0) is 23.6. The Morgan fingerprint density at radius 1 is 1.12 bits per heavy atom. The van der Waals surface area contributed by atoms with Crippen LogP contribution in [0.25, 0.3) is 0 Å². The number of nitrogens with one attached hydrogen (secondary N) is 1. The molecule has 1 amide bonds. The second-order valence-electron chi connectivity index (χ2n) is 8.16. The van der Waals surface area contributed by atoms with Crippen LogP contribution in [0.4, 0.5) is 5.69 Å². The van der Waals surface area contributed by atoms with Gasteiger partial charge in [0.1, 0.15) is 6.04 Å². The van der Waals surface area contributed by atoms with E-state index in [-0.39, 0.29) is 17.9 Å². The first-order valence-electron chi connectivity index (χ1n) is 10.3. The number of aryl methyl sites for hydroxylation is 3. The zero-order valence-electron chi connectivity index (χ0n) is 18.5. The second-order valence-corrected chi connectivity index (χ2v) is 10.1. The lowest BCUT2D eigenvalue weighted by Crippen LogP contribution is -2.43. The topological polar surface area (TPSA) is 113 Å². The number of carbonyl (C=O) groups excluding carboxylic acids is 2. The third kappa shape index (κ3) is 5.17. The van der Waals surface area contributed by atoms with Crippen LogP contribution in [0.15, 0.2) is 47.4 Å². The highest BCUT2D eigenvalue weighted by Crippen LogP contribution is 2.28. The van der Waals surface area contributed by atoms with Crippen molar-refractivity contribution in [1.82, 2.24) is 4.31 Å². The van der Waals surface area contributed by atoms with E-state index >= 15 is 0 Å². The molecule has 2 unspecified atom stereocenters. The van der Waals surface area contributed by atoms with Crippen LogP contribution in [0.5, 0.6) is 0 Å². The van der Waals surface area contributed by atoms with E-state index in [4.69, 9.17) is 4.74 Å². The van der Waals surface area contributed by atoms with Crippen LogP contribution in [0.3, 0.4) is 0 Å². The summed E-state index contributed by atoms with van der Waals surface area (Å²) in [6.45, 7) is 6.74. The summed E-state index contributed by atoms with van der Waals surface area (Å²) in [6, 6.07) is 10.7. The molecule has 0 aliphatic carbocycles. The number of β-amino-alcohol motifs (C(OH)–C–C–N with tert-alkyl or cyclic N) is 1. The van der Waals surface area contributed by atoms with Gasteiger partial charge in [-0.05, 0) is 68.7 Å². The molecular weight excluding hydrogens is 432 g/mol. The van der Waals surface area contributed by atoms with Gasteiger partial charge in [0, 0.05) is 18.7 Å². The van der Waals surface area contributed by atoms with E-state index in [1.165, 1.54) is 19.1 Å². The van der Waals surface area contributed by atoms with E-state index in [9.17, 15) is 23.1 Å². The van der Waals surface area contributed by atoms with E-state index in [1.807, 2.05) is 19.9 Å². The number of amides is 1. The third-order valence-corrected chi connectivity index (χ3v) is 7.41. The number of benzene rings is 2. The Balaban J connectivity index is 1.74. The van der Waals surface area contributed by atoms with Crippen LogP contribution in [0.1, 0.15) is 30.0 Å². The molecule has 0 spiro atoms. The Kier molecular flexibility index (Phi) is 7.02. The highest BCUT2D eigenvalue weighted by Gasteiger charge is 2.45. The van der Waals surface area contributed by atoms with Gasteiger partial charge in [-0.1, -0.05) is 18.2 Å². The molecule has 0 bridgehead atoms. The normalized spacial score (nSPS) is 20.0. The quantitative estimate of drug-likeness (QED) is 0.640. The molecule has 1 aliphatic rings.